The van der Waals surface area contributed by atoms with E-state index in [1.165, 1.54) is 12.8 Å². The van der Waals surface area contributed by atoms with Gasteiger partial charge in [-0.15, -0.1) is 0 Å². The monoisotopic (exact) mass is 297 g/mol. The zero-order valence-corrected chi connectivity index (χ0v) is 12.3. The number of hydrogen-bond acceptors (Lipinski definition) is 4. The van der Waals surface area contributed by atoms with Gasteiger partial charge < -0.3 is 5.73 Å². The molecule has 1 saturated carbocycles. The second kappa shape index (κ2) is 6.58. The first-order valence-electron chi connectivity index (χ1n) is 7.42. The molecule has 0 bridgehead atoms. The Morgan fingerprint density at radius 2 is 2.05 bits per heavy atom. The number of nitrogens with zero attached hydrogens (tertiary/aromatic N) is 1. The number of pyridine rings is 1. The molecule has 22 heavy (non-hydrogen) atoms. The average molecular weight is 297 g/mol. The Morgan fingerprint density at radius 1 is 1.27 bits per heavy atom. The van der Waals surface area contributed by atoms with Crippen LogP contribution in [0.15, 0.2) is 42.7 Å². The van der Waals surface area contributed by atoms with Crippen molar-refractivity contribution in [1.29, 1.82) is 0 Å². The number of nitrogen functional groups attached to an aromatic ring is 1. The van der Waals surface area contributed by atoms with Gasteiger partial charge in [-0.1, -0.05) is 6.07 Å². The molecule has 5 nitrogen and oxygen atoms in total. The third-order valence-electron chi connectivity index (χ3n) is 3.77. The van der Waals surface area contributed by atoms with Gasteiger partial charge in [0.1, 0.15) is 0 Å². The zero-order chi connectivity index (χ0) is 15.4. The molecular formula is C17H19N3O2. The lowest BCUT2D eigenvalue weighted by atomic mass is 9.98. The Hall–Kier alpha value is -2.40. The average Bonchev–Trinajstić information content (AvgIpc) is 3.34. The molecule has 3 rings (SSSR count). The van der Waals surface area contributed by atoms with Gasteiger partial charge in [0.25, 0.3) is 5.91 Å². The predicted molar refractivity (Wildman–Crippen MR) is 84.0 cm³/mol. The standard InChI is InChI=1S/C17H19N3O2/c18-16-3-1-2-14(17(21)20-22-11-13-4-5-13)15(16)10-12-6-8-19-9-7-12/h1-3,6-9,13H,4-5,10-11,18H2,(H,20,21). The normalized spacial score (nSPS) is 13.8. The number of carbonyl (C=O) groups is 1. The smallest absolute Gasteiger partial charge is 0.275 e. The highest BCUT2D eigenvalue weighted by Gasteiger charge is 2.22. The maximum Gasteiger partial charge on any atom is 0.275 e. The number of aromatic nitrogens is 1. The quantitative estimate of drug-likeness (QED) is 0.633. The molecule has 0 aliphatic heterocycles. The predicted octanol–water partition coefficient (Wildman–Crippen LogP) is 2.33. The zero-order valence-electron chi connectivity index (χ0n) is 12.3. The Balaban J connectivity index is 1.74. The molecule has 1 amide bonds. The van der Waals surface area contributed by atoms with E-state index >= 15 is 0 Å². The minimum Gasteiger partial charge on any atom is -0.398 e. The van der Waals surface area contributed by atoms with E-state index < -0.39 is 0 Å². The number of benzene rings is 1. The largest absolute Gasteiger partial charge is 0.398 e. The van der Waals surface area contributed by atoms with E-state index in [4.69, 9.17) is 10.6 Å². The van der Waals surface area contributed by atoms with Crippen molar-refractivity contribution in [2.75, 3.05) is 12.3 Å². The van der Waals surface area contributed by atoms with Crippen molar-refractivity contribution >= 4 is 11.6 Å². The molecule has 2 aromatic rings. The lowest BCUT2D eigenvalue weighted by Gasteiger charge is -2.12. The van der Waals surface area contributed by atoms with Gasteiger partial charge in [0.15, 0.2) is 0 Å². The Kier molecular flexibility index (Phi) is 4.34. The Morgan fingerprint density at radius 3 is 2.77 bits per heavy atom. The number of hydrogen-bond donors (Lipinski definition) is 2. The van der Waals surface area contributed by atoms with Gasteiger partial charge in [0, 0.05) is 30.1 Å². The first-order valence-corrected chi connectivity index (χ1v) is 7.42. The van der Waals surface area contributed by atoms with E-state index in [2.05, 4.69) is 10.5 Å². The molecule has 1 heterocycles. The number of rotatable bonds is 6. The number of nitrogens with two attached hydrogens (primary N) is 1. The summed E-state index contributed by atoms with van der Waals surface area (Å²) in [5, 5.41) is 0. The maximum absolute atomic E-state index is 12.3. The minimum atomic E-state index is -0.253. The van der Waals surface area contributed by atoms with Crippen molar-refractivity contribution in [3.05, 3.63) is 59.4 Å². The molecule has 1 aromatic carbocycles. The van der Waals surface area contributed by atoms with Crippen molar-refractivity contribution in [2.45, 2.75) is 19.3 Å². The summed E-state index contributed by atoms with van der Waals surface area (Å²) >= 11 is 0. The third-order valence-corrected chi connectivity index (χ3v) is 3.77. The van der Waals surface area contributed by atoms with E-state index in [0.29, 0.717) is 30.2 Å². The fourth-order valence-electron chi connectivity index (χ4n) is 2.28. The van der Waals surface area contributed by atoms with E-state index in [0.717, 1.165) is 11.1 Å². The number of amides is 1. The summed E-state index contributed by atoms with van der Waals surface area (Å²) in [5.41, 5.74) is 11.6. The fourth-order valence-corrected chi connectivity index (χ4v) is 2.28. The second-order valence-electron chi connectivity index (χ2n) is 5.59. The molecular weight excluding hydrogens is 278 g/mol. The highest BCUT2D eigenvalue weighted by molar-refractivity contribution is 5.96. The van der Waals surface area contributed by atoms with E-state index in [1.54, 1.807) is 30.6 Å². The lowest BCUT2D eigenvalue weighted by molar-refractivity contribution is 0.0269. The first-order chi connectivity index (χ1) is 10.7. The third kappa shape index (κ3) is 3.62. The number of anilines is 1. The fraction of sp³-hybridized carbons (Fsp3) is 0.294. The van der Waals surface area contributed by atoms with Crippen molar-refractivity contribution in [3.8, 4) is 0 Å². The van der Waals surface area contributed by atoms with Crippen LogP contribution in [0, 0.1) is 5.92 Å². The van der Waals surface area contributed by atoms with Crippen LogP contribution in [0.5, 0.6) is 0 Å². The van der Waals surface area contributed by atoms with Gasteiger partial charge in [-0.25, -0.2) is 5.48 Å². The molecule has 3 N–H and O–H groups in total. The summed E-state index contributed by atoms with van der Waals surface area (Å²) in [4.78, 5) is 21.6. The Bertz CT molecular complexity index is 654. The van der Waals surface area contributed by atoms with Crippen LogP contribution in [0.25, 0.3) is 0 Å². The first kappa shape index (κ1) is 14.5. The van der Waals surface area contributed by atoms with Crippen LogP contribution in [0.1, 0.15) is 34.3 Å². The molecule has 0 saturated heterocycles. The molecule has 0 spiro atoms. The molecule has 0 radical (unpaired) electrons. The summed E-state index contributed by atoms with van der Waals surface area (Å²) in [6, 6.07) is 9.18. The summed E-state index contributed by atoms with van der Waals surface area (Å²) in [7, 11) is 0. The number of hydroxylamine groups is 1. The van der Waals surface area contributed by atoms with Gasteiger partial charge in [0.2, 0.25) is 0 Å². The van der Waals surface area contributed by atoms with E-state index in [1.807, 2.05) is 12.1 Å². The topological polar surface area (TPSA) is 77.2 Å². The van der Waals surface area contributed by atoms with Crippen molar-refractivity contribution in [1.82, 2.24) is 10.5 Å². The van der Waals surface area contributed by atoms with Crippen molar-refractivity contribution < 1.29 is 9.63 Å². The highest BCUT2D eigenvalue weighted by atomic mass is 16.7. The van der Waals surface area contributed by atoms with Crippen LogP contribution in [0.4, 0.5) is 5.69 Å². The lowest BCUT2D eigenvalue weighted by Crippen LogP contribution is -2.26. The molecule has 0 unspecified atom stereocenters. The van der Waals surface area contributed by atoms with Gasteiger partial charge in [-0.3, -0.25) is 14.6 Å². The summed E-state index contributed by atoms with van der Waals surface area (Å²) in [5.74, 6) is 0.342. The number of carbonyl (C=O) groups excluding carboxylic acids is 1. The second-order valence-corrected chi connectivity index (χ2v) is 5.59. The van der Waals surface area contributed by atoms with Crippen LogP contribution in [-0.4, -0.2) is 17.5 Å². The molecule has 1 aliphatic carbocycles. The van der Waals surface area contributed by atoms with Crippen molar-refractivity contribution in [2.24, 2.45) is 5.92 Å². The molecule has 1 aliphatic rings. The van der Waals surface area contributed by atoms with Crippen LogP contribution < -0.4 is 11.2 Å². The van der Waals surface area contributed by atoms with Crippen LogP contribution in [0.3, 0.4) is 0 Å². The van der Waals surface area contributed by atoms with Crippen LogP contribution >= 0.6 is 0 Å². The van der Waals surface area contributed by atoms with Gasteiger partial charge in [-0.05, 0) is 54.2 Å². The maximum atomic E-state index is 12.3. The van der Waals surface area contributed by atoms with Gasteiger partial charge in [0.05, 0.1) is 6.61 Å². The molecule has 1 aromatic heterocycles. The summed E-state index contributed by atoms with van der Waals surface area (Å²) < 4.78 is 0. The van der Waals surface area contributed by atoms with E-state index in [9.17, 15) is 4.79 Å². The molecule has 0 atom stereocenters. The SMILES string of the molecule is Nc1cccc(C(=O)NOCC2CC2)c1Cc1ccncc1. The van der Waals surface area contributed by atoms with Crippen LogP contribution in [0.2, 0.25) is 0 Å². The summed E-state index contributed by atoms with van der Waals surface area (Å²) in [6.07, 6.45) is 6.41. The molecule has 5 heteroatoms. The number of nitrogens with one attached hydrogen (secondary N) is 1. The van der Waals surface area contributed by atoms with Gasteiger partial charge in [-0.2, -0.15) is 0 Å². The van der Waals surface area contributed by atoms with Gasteiger partial charge >= 0.3 is 0 Å². The Labute approximate surface area is 129 Å². The molecule has 1 fully saturated rings. The highest BCUT2D eigenvalue weighted by Crippen LogP contribution is 2.28. The summed E-state index contributed by atoms with van der Waals surface area (Å²) in [6.45, 7) is 0.577. The van der Waals surface area contributed by atoms with Crippen LogP contribution in [-0.2, 0) is 11.3 Å². The van der Waals surface area contributed by atoms with Crippen molar-refractivity contribution in [3.63, 3.8) is 0 Å². The minimum absolute atomic E-state index is 0.253. The molecule has 114 valence electrons. The van der Waals surface area contributed by atoms with E-state index in [-0.39, 0.29) is 5.91 Å².